The Hall–Kier alpha value is -3.16. The summed E-state index contributed by atoms with van der Waals surface area (Å²) in [5, 5.41) is 10.6. The molecule has 2 aliphatic rings. The Morgan fingerprint density at radius 1 is 1.03 bits per heavy atom. The number of aromatic hydroxyl groups is 1. The van der Waals surface area contributed by atoms with Crippen molar-refractivity contribution in [3.63, 3.8) is 0 Å². The van der Waals surface area contributed by atoms with Crippen molar-refractivity contribution >= 4 is 16.9 Å². The third-order valence-electron chi connectivity index (χ3n) is 6.53. The summed E-state index contributed by atoms with van der Waals surface area (Å²) < 4.78 is 11.5. The highest BCUT2D eigenvalue weighted by Gasteiger charge is 2.42. The SMILES string of the molecule is Cc1cc2oc3c(c(=O)c2cc1C)C(c1cccc(O)c1)N(CCN1CCOCC1)C3=O. The lowest BCUT2D eigenvalue weighted by Crippen LogP contribution is -2.42. The van der Waals surface area contributed by atoms with Crippen molar-refractivity contribution < 1.29 is 19.1 Å². The highest BCUT2D eigenvalue weighted by Crippen LogP contribution is 2.39. The van der Waals surface area contributed by atoms with Gasteiger partial charge in [0.15, 0.2) is 5.43 Å². The van der Waals surface area contributed by atoms with E-state index in [0.29, 0.717) is 48.4 Å². The highest BCUT2D eigenvalue weighted by atomic mass is 16.5. The number of hydrogen-bond donors (Lipinski definition) is 1. The summed E-state index contributed by atoms with van der Waals surface area (Å²) in [6, 6.07) is 9.79. The molecule has 1 aromatic heterocycles. The molecule has 1 fully saturated rings. The number of morpholine rings is 1. The summed E-state index contributed by atoms with van der Waals surface area (Å²) >= 11 is 0. The molecule has 2 aliphatic heterocycles. The number of amides is 1. The Labute approximate surface area is 185 Å². The Morgan fingerprint density at radius 3 is 2.53 bits per heavy atom. The maximum Gasteiger partial charge on any atom is 0.290 e. The molecule has 7 heteroatoms. The number of rotatable bonds is 4. The number of benzene rings is 2. The lowest BCUT2D eigenvalue weighted by Gasteiger charge is -2.31. The fourth-order valence-corrected chi connectivity index (χ4v) is 4.62. The van der Waals surface area contributed by atoms with Crippen molar-refractivity contribution in [1.82, 2.24) is 9.80 Å². The molecule has 1 amide bonds. The van der Waals surface area contributed by atoms with Crippen LogP contribution in [0, 0.1) is 13.8 Å². The number of carbonyl (C=O) groups is 1. The molecule has 0 radical (unpaired) electrons. The number of phenols is 1. The van der Waals surface area contributed by atoms with Crippen LogP contribution in [0.15, 0.2) is 45.6 Å². The smallest absolute Gasteiger partial charge is 0.290 e. The summed E-state index contributed by atoms with van der Waals surface area (Å²) in [6.07, 6.45) is 0. The van der Waals surface area contributed by atoms with Gasteiger partial charge in [-0.1, -0.05) is 12.1 Å². The minimum absolute atomic E-state index is 0.0909. The Morgan fingerprint density at radius 2 is 1.78 bits per heavy atom. The molecule has 1 N–H and O–H groups in total. The van der Waals surface area contributed by atoms with Crippen LogP contribution in [0.4, 0.5) is 0 Å². The summed E-state index contributed by atoms with van der Waals surface area (Å²) in [5.41, 5.74) is 3.26. The first-order chi connectivity index (χ1) is 15.4. The van der Waals surface area contributed by atoms with Crippen LogP contribution >= 0.6 is 0 Å². The minimum Gasteiger partial charge on any atom is -0.508 e. The molecule has 0 saturated carbocycles. The second-order valence-corrected chi connectivity index (χ2v) is 8.56. The summed E-state index contributed by atoms with van der Waals surface area (Å²) in [6.45, 7) is 7.99. The van der Waals surface area contributed by atoms with E-state index in [-0.39, 0.29) is 22.8 Å². The Kier molecular flexibility index (Phi) is 5.23. The molecule has 1 saturated heterocycles. The molecule has 0 bridgehead atoms. The molecular formula is C25H26N2O5. The number of carbonyl (C=O) groups excluding carboxylic acids is 1. The lowest BCUT2D eigenvalue weighted by molar-refractivity contribution is 0.0314. The molecule has 1 unspecified atom stereocenters. The minimum atomic E-state index is -0.604. The van der Waals surface area contributed by atoms with Crippen molar-refractivity contribution in [3.05, 3.63) is 74.6 Å². The van der Waals surface area contributed by atoms with Gasteiger partial charge < -0.3 is 19.2 Å². The van der Waals surface area contributed by atoms with E-state index < -0.39 is 6.04 Å². The molecule has 5 rings (SSSR count). The lowest BCUT2D eigenvalue weighted by atomic mass is 9.97. The van der Waals surface area contributed by atoms with Crippen molar-refractivity contribution in [3.8, 4) is 5.75 Å². The normalized spacial score (nSPS) is 19.0. The van der Waals surface area contributed by atoms with Gasteiger partial charge in [0.1, 0.15) is 11.3 Å². The van der Waals surface area contributed by atoms with Crippen LogP contribution in [0.3, 0.4) is 0 Å². The maximum atomic E-state index is 13.6. The van der Waals surface area contributed by atoms with Gasteiger partial charge in [-0.25, -0.2) is 0 Å². The topological polar surface area (TPSA) is 83.2 Å². The predicted molar refractivity (Wildman–Crippen MR) is 120 cm³/mol. The van der Waals surface area contributed by atoms with E-state index >= 15 is 0 Å². The molecule has 0 aliphatic carbocycles. The molecule has 2 aromatic carbocycles. The van der Waals surface area contributed by atoms with Crippen LogP contribution < -0.4 is 5.43 Å². The average molecular weight is 434 g/mol. The molecule has 3 aromatic rings. The number of fused-ring (bicyclic) bond motifs is 2. The summed E-state index contributed by atoms with van der Waals surface area (Å²) in [7, 11) is 0. The number of ether oxygens (including phenoxy) is 1. The first-order valence-electron chi connectivity index (χ1n) is 10.9. The molecule has 166 valence electrons. The van der Waals surface area contributed by atoms with E-state index in [1.165, 1.54) is 0 Å². The van der Waals surface area contributed by atoms with E-state index in [0.717, 1.165) is 24.2 Å². The summed E-state index contributed by atoms with van der Waals surface area (Å²) in [4.78, 5) is 31.0. The highest BCUT2D eigenvalue weighted by molar-refractivity contribution is 5.99. The number of phenolic OH excluding ortho intramolecular Hbond substituents is 1. The van der Waals surface area contributed by atoms with Crippen molar-refractivity contribution in [2.45, 2.75) is 19.9 Å². The first kappa shape index (κ1) is 20.7. The summed E-state index contributed by atoms with van der Waals surface area (Å²) in [5.74, 6) is -0.104. The third kappa shape index (κ3) is 3.47. The Bertz CT molecular complexity index is 1260. The van der Waals surface area contributed by atoms with Gasteiger partial charge in [-0.05, 0) is 54.8 Å². The van der Waals surface area contributed by atoms with E-state index in [2.05, 4.69) is 4.90 Å². The van der Waals surface area contributed by atoms with Gasteiger partial charge in [0.05, 0.1) is 30.2 Å². The van der Waals surface area contributed by atoms with Crippen LogP contribution in [0.25, 0.3) is 11.0 Å². The predicted octanol–water partition coefficient (Wildman–Crippen LogP) is 2.99. The quantitative estimate of drug-likeness (QED) is 0.680. The second kappa shape index (κ2) is 8.07. The van der Waals surface area contributed by atoms with E-state index in [1.807, 2.05) is 32.0 Å². The van der Waals surface area contributed by atoms with Gasteiger partial charge in [-0.15, -0.1) is 0 Å². The number of hydrogen-bond acceptors (Lipinski definition) is 6. The standard InChI is InChI=1S/C25H26N2O5/c1-15-12-19-20(13-16(15)2)32-24-21(23(19)29)22(17-4-3-5-18(28)14-17)27(25(24)30)7-6-26-8-10-31-11-9-26/h3-5,12-14,22,28H,6-11H2,1-2H3. The van der Waals surface area contributed by atoms with Crippen LogP contribution in [0.5, 0.6) is 5.75 Å². The fraction of sp³-hybridized carbons (Fsp3) is 0.360. The number of aryl methyl sites for hydroxylation is 2. The molecule has 0 spiro atoms. The van der Waals surface area contributed by atoms with Crippen molar-refractivity contribution in [2.75, 3.05) is 39.4 Å². The molecule has 7 nitrogen and oxygen atoms in total. The van der Waals surface area contributed by atoms with Crippen LogP contribution in [-0.4, -0.2) is 60.2 Å². The first-order valence-corrected chi connectivity index (χ1v) is 10.9. The van der Waals surface area contributed by atoms with Gasteiger partial charge in [0.25, 0.3) is 5.91 Å². The zero-order valence-electron chi connectivity index (χ0n) is 18.3. The monoisotopic (exact) mass is 434 g/mol. The average Bonchev–Trinajstić information content (AvgIpc) is 3.06. The number of nitrogens with zero attached hydrogens (tertiary/aromatic N) is 2. The van der Waals surface area contributed by atoms with E-state index in [1.54, 1.807) is 23.1 Å². The fourth-order valence-electron chi connectivity index (χ4n) is 4.62. The Balaban J connectivity index is 1.63. The van der Waals surface area contributed by atoms with Gasteiger partial charge in [-0.3, -0.25) is 14.5 Å². The zero-order chi connectivity index (χ0) is 22.4. The van der Waals surface area contributed by atoms with Crippen LogP contribution in [0.2, 0.25) is 0 Å². The largest absolute Gasteiger partial charge is 0.508 e. The van der Waals surface area contributed by atoms with E-state index in [4.69, 9.17) is 9.15 Å². The van der Waals surface area contributed by atoms with Gasteiger partial charge >= 0.3 is 0 Å². The maximum absolute atomic E-state index is 13.6. The van der Waals surface area contributed by atoms with Crippen molar-refractivity contribution in [1.29, 1.82) is 0 Å². The second-order valence-electron chi connectivity index (χ2n) is 8.56. The van der Waals surface area contributed by atoms with Gasteiger partial charge in [0.2, 0.25) is 5.76 Å². The molecule has 3 heterocycles. The third-order valence-corrected chi connectivity index (χ3v) is 6.53. The molecule has 1 atom stereocenters. The van der Waals surface area contributed by atoms with Crippen LogP contribution in [0.1, 0.15) is 38.9 Å². The molecule has 32 heavy (non-hydrogen) atoms. The van der Waals surface area contributed by atoms with Gasteiger partial charge in [0, 0.05) is 26.2 Å². The zero-order valence-corrected chi connectivity index (χ0v) is 18.3. The molecular weight excluding hydrogens is 408 g/mol. The van der Waals surface area contributed by atoms with E-state index in [9.17, 15) is 14.7 Å². The van der Waals surface area contributed by atoms with Gasteiger partial charge in [-0.2, -0.15) is 0 Å². The van der Waals surface area contributed by atoms with Crippen LogP contribution in [-0.2, 0) is 4.74 Å². The van der Waals surface area contributed by atoms with Crippen molar-refractivity contribution in [2.24, 2.45) is 0 Å².